The lowest BCUT2D eigenvalue weighted by atomic mass is 9.77. The second-order valence-corrected chi connectivity index (χ2v) is 4.33. The smallest absolute Gasteiger partial charge is 0.423 e. The minimum absolute atomic E-state index is 0.215. The number of pyridine rings is 1. The van der Waals surface area contributed by atoms with E-state index in [1.165, 1.54) is 24.4 Å². The summed E-state index contributed by atoms with van der Waals surface area (Å²) in [6.45, 7) is 1.58. The second kappa shape index (κ2) is 5.26. The van der Waals surface area contributed by atoms with Gasteiger partial charge in [0.1, 0.15) is 0 Å². The molecular weight excluding hydrogens is 270 g/mol. The third-order valence-electron chi connectivity index (χ3n) is 2.99. The Balaban J connectivity index is 2.55. The van der Waals surface area contributed by atoms with Gasteiger partial charge < -0.3 is 10.0 Å². The van der Waals surface area contributed by atoms with Crippen molar-refractivity contribution in [3.63, 3.8) is 0 Å². The molecule has 7 heteroatoms. The Morgan fingerprint density at radius 1 is 1.15 bits per heavy atom. The molecule has 0 radical (unpaired) electrons. The third-order valence-corrected chi connectivity index (χ3v) is 2.99. The molecule has 20 heavy (non-hydrogen) atoms. The average Bonchev–Trinajstić information content (AvgIpc) is 2.38. The Labute approximate surface area is 113 Å². The van der Waals surface area contributed by atoms with Gasteiger partial charge in [0.25, 0.3) is 0 Å². The quantitative estimate of drug-likeness (QED) is 0.825. The molecule has 1 aromatic carbocycles. The summed E-state index contributed by atoms with van der Waals surface area (Å²) in [4.78, 5) is 4.03. The van der Waals surface area contributed by atoms with Crippen LogP contribution in [-0.2, 0) is 6.18 Å². The average molecular weight is 281 g/mol. The van der Waals surface area contributed by atoms with Gasteiger partial charge in [0, 0.05) is 11.8 Å². The van der Waals surface area contributed by atoms with Crippen LogP contribution in [-0.4, -0.2) is 22.2 Å². The summed E-state index contributed by atoms with van der Waals surface area (Å²) in [7, 11) is -1.69. The zero-order valence-corrected chi connectivity index (χ0v) is 10.5. The Morgan fingerprint density at radius 3 is 2.45 bits per heavy atom. The molecule has 1 heterocycles. The van der Waals surface area contributed by atoms with Crippen molar-refractivity contribution in [1.82, 2.24) is 4.98 Å². The molecule has 0 amide bonds. The molecule has 0 aliphatic carbocycles. The van der Waals surface area contributed by atoms with Crippen molar-refractivity contribution in [2.75, 3.05) is 0 Å². The van der Waals surface area contributed by atoms with E-state index >= 15 is 0 Å². The lowest BCUT2D eigenvalue weighted by Gasteiger charge is -2.12. The summed E-state index contributed by atoms with van der Waals surface area (Å²) >= 11 is 0. The fourth-order valence-corrected chi connectivity index (χ4v) is 1.96. The number of hydrogen-bond acceptors (Lipinski definition) is 3. The van der Waals surface area contributed by atoms with Crippen LogP contribution in [0.25, 0.3) is 11.3 Å². The zero-order valence-electron chi connectivity index (χ0n) is 10.5. The standard InChI is InChI=1S/C13H11BF3NO2/c1-8-11(14(19)20)5-6-18-12(8)9-3-2-4-10(7-9)13(15,16)17/h2-7,19-20H,1H3. The van der Waals surface area contributed by atoms with E-state index in [0.29, 0.717) is 11.3 Å². The minimum Gasteiger partial charge on any atom is -0.423 e. The highest BCUT2D eigenvalue weighted by molar-refractivity contribution is 6.59. The van der Waals surface area contributed by atoms with Crippen molar-refractivity contribution >= 4 is 12.6 Å². The van der Waals surface area contributed by atoms with Gasteiger partial charge in [-0.2, -0.15) is 13.2 Å². The van der Waals surface area contributed by atoms with Crippen LogP contribution in [0.1, 0.15) is 11.1 Å². The van der Waals surface area contributed by atoms with Gasteiger partial charge in [-0.15, -0.1) is 0 Å². The van der Waals surface area contributed by atoms with Crippen molar-refractivity contribution in [2.45, 2.75) is 13.1 Å². The number of halogens is 3. The first-order chi connectivity index (χ1) is 9.30. The van der Waals surface area contributed by atoms with Gasteiger partial charge in [0.15, 0.2) is 0 Å². The molecule has 0 unspecified atom stereocenters. The summed E-state index contributed by atoms with van der Waals surface area (Å²) in [5.74, 6) is 0. The molecule has 2 N–H and O–H groups in total. The van der Waals surface area contributed by atoms with Crippen LogP contribution in [0, 0.1) is 6.92 Å². The Kier molecular flexibility index (Phi) is 3.83. The maximum absolute atomic E-state index is 12.7. The fraction of sp³-hybridized carbons (Fsp3) is 0.154. The van der Waals surface area contributed by atoms with Crippen LogP contribution >= 0.6 is 0 Å². The van der Waals surface area contributed by atoms with Gasteiger partial charge in [0.2, 0.25) is 0 Å². The number of nitrogens with zero attached hydrogens (tertiary/aromatic N) is 1. The maximum Gasteiger partial charge on any atom is 0.488 e. The van der Waals surface area contributed by atoms with Crippen molar-refractivity contribution in [1.29, 1.82) is 0 Å². The van der Waals surface area contributed by atoms with Crippen LogP contribution in [0.4, 0.5) is 13.2 Å². The summed E-state index contributed by atoms with van der Waals surface area (Å²) in [5.41, 5.74) is 0.446. The van der Waals surface area contributed by atoms with E-state index in [9.17, 15) is 23.2 Å². The summed E-state index contributed by atoms with van der Waals surface area (Å²) in [6.07, 6.45) is -3.10. The van der Waals surface area contributed by atoms with Crippen LogP contribution in [0.2, 0.25) is 0 Å². The fourth-order valence-electron chi connectivity index (χ4n) is 1.96. The van der Waals surface area contributed by atoms with Crippen molar-refractivity contribution in [2.24, 2.45) is 0 Å². The molecule has 104 valence electrons. The molecule has 0 bridgehead atoms. The second-order valence-electron chi connectivity index (χ2n) is 4.33. The number of hydrogen-bond donors (Lipinski definition) is 2. The first-order valence-electron chi connectivity index (χ1n) is 5.80. The zero-order chi connectivity index (χ0) is 14.9. The highest BCUT2D eigenvalue weighted by Gasteiger charge is 2.30. The number of rotatable bonds is 2. The SMILES string of the molecule is Cc1c(B(O)O)ccnc1-c1cccc(C(F)(F)F)c1. The maximum atomic E-state index is 12.7. The molecule has 0 fully saturated rings. The Morgan fingerprint density at radius 2 is 1.85 bits per heavy atom. The van der Waals surface area contributed by atoms with Gasteiger partial charge in [-0.25, -0.2) is 0 Å². The number of alkyl halides is 3. The molecule has 0 atom stereocenters. The monoisotopic (exact) mass is 281 g/mol. The molecule has 0 saturated carbocycles. The molecule has 0 spiro atoms. The third kappa shape index (κ3) is 2.83. The summed E-state index contributed by atoms with van der Waals surface area (Å²) < 4.78 is 38.1. The number of benzene rings is 1. The minimum atomic E-state index is -4.43. The van der Waals surface area contributed by atoms with Gasteiger partial charge in [-0.3, -0.25) is 4.98 Å². The van der Waals surface area contributed by atoms with Gasteiger partial charge >= 0.3 is 13.3 Å². The lowest BCUT2D eigenvalue weighted by Crippen LogP contribution is -2.32. The van der Waals surface area contributed by atoms with E-state index in [0.717, 1.165) is 12.1 Å². The van der Waals surface area contributed by atoms with E-state index in [1.54, 1.807) is 6.92 Å². The van der Waals surface area contributed by atoms with Crippen molar-refractivity contribution in [3.8, 4) is 11.3 Å². The molecule has 0 aliphatic heterocycles. The van der Waals surface area contributed by atoms with E-state index < -0.39 is 18.9 Å². The van der Waals surface area contributed by atoms with Crippen LogP contribution in [0.3, 0.4) is 0 Å². The molecular formula is C13H11BF3NO2. The first kappa shape index (κ1) is 14.6. The predicted octanol–water partition coefficient (Wildman–Crippen LogP) is 1.76. The molecule has 3 nitrogen and oxygen atoms in total. The van der Waals surface area contributed by atoms with E-state index in [1.807, 2.05) is 0 Å². The highest BCUT2D eigenvalue weighted by Crippen LogP contribution is 2.32. The highest BCUT2D eigenvalue weighted by atomic mass is 19.4. The molecule has 2 aromatic rings. The van der Waals surface area contributed by atoms with E-state index in [4.69, 9.17) is 0 Å². The topological polar surface area (TPSA) is 53.4 Å². The van der Waals surface area contributed by atoms with Crippen molar-refractivity contribution < 1.29 is 23.2 Å². The van der Waals surface area contributed by atoms with Gasteiger partial charge in [-0.1, -0.05) is 12.1 Å². The Bertz CT molecular complexity index is 629. The predicted molar refractivity (Wildman–Crippen MR) is 69.2 cm³/mol. The summed E-state index contributed by atoms with van der Waals surface area (Å²) in [5, 5.41) is 18.4. The van der Waals surface area contributed by atoms with Gasteiger partial charge in [-0.05, 0) is 36.1 Å². The Hall–Kier alpha value is -1.86. The van der Waals surface area contributed by atoms with Crippen LogP contribution in [0.5, 0.6) is 0 Å². The summed E-state index contributed by atoms with van der Waals surface area (Å²) in [6, 6.07) is 6.17. The lowest BCUT2D eigenvalue weighted by molar-refractivity contribution is -0.137. The van der Waals surface area contributed by atoms with Crippen LogP contribution < -0.4 is 5.46 Å². The normalized spacial score (nSPS) is 11.5. The van der Waals surface area contributed by atoms with Crippen LogP contribution in [0.15, 0.2) is 36.5 Å². The first-order valence-corrected chi connectivity index (χ1v) is 5.80. The number of aromatic nitrogens is 1. The van der Waals surface area contributed by atoms with Crippen molar-refractivity contribution in [3.05, 3.63) is 47.7 Å². The van der Waals surface area contributed by atoms with E-state index in [2.05, 4.69) is 4.98 Å². The van der Waals surface area contributed by atoms with E-state index in [-0.39, 0.29) is 11.0 Å². The molecule has 0 aliphatic rings. The molecule has 1 aromatic heterocycles. The molecule has 2 rings (SSSR count). The van der Waals surface area contributed by atoms with Gasteiger partial charge in [0.05, 0.1) is 11.3 Å². The largest absolute Gasteiger partial charge is 0.488 e. The molecule has 0 saturated heterocycles.